The van der Waals surface area contributed by atoms with Gasteiger partial charge in [-0.05, 0) is 31.4 Å². The number of aromatic nitrogens is 1. The molecule has 1 atom stereocenters. The zero-order valence-corrected chi connectivity index (χ0v) is 11.8. The predicted octanol–water partition coefficient (Wildman–Crippen LogP) is 3.73. The van der Waals surface area contributed by atoms with Crippen molar-refractivity contribution < 1.29 is 0 Å². The summed E-state index contributed by atoms with van der Waals surface area (Å²) in [5, 5.41) is 6.74. The summed E-state index contributed by atoms with van der Waals surface area (Å²) in [7, 11) is 0. The van der Waals surface area contributed by atoms with Crippen molar-refractivity contribution in [3.8, 4) is 0 Å². The van der Waals surface area contributed by atoms with Crippen LogP contribution in [0.15, 0.2) is 35.7 Å². The van der Waals surface area contributed by atoms with Gasteiger partial charge in [-0.3, -0.25) is 0 Å². The predicted molar refractivity (Wildman–Crippen MR) is 78.0 cm³/mol. The Kier molecular flexibility index (Phi) is 4.90. The SMILES string of the molecule is Cc1csc(CNCCC(C)c2ccccc2)n1. The number of aryl methyl sites for hydroxylation is 1. The minimum atomic E-state index is 0.608. The Morgan fingerprint density at radius 1 is 1.28 bits per heavy atom. The summed E-state index contributed by atoms with van der Waals surface area (Å²) in [5.74, 6) is 0.608. The van der Waals surface area contributed by atoms with Gasteiger partial charge in [0.05, 0.1) is 0 Å². The summed E-state index contributed by atoms with van der Waals surface area (Å²) in [6.07, 6.45) is 1.16. The summed E-state index contributed by atoms with van der Waals surface area (Å²) in [6, 6.07) is 10.7. The van der Waals surface area contributed by atoms with Crippen LogP contribution in [0.3, 0.4) is 0 Å². The van der Waals surface area contributed by atoms with Crippen LogP contribution in [-0.2, 0) is 6.54 Å². The average Bonchev–Trinajstić information content (AvgIpc) is 2.81. The molecular formula is C15H20N2S. The second kappa shape index (κ2) is 6.66. The number of thiazole rings is 1. The number of hydrogen-bond donors (Lipinski definition) is 1. The van der Waals surface area contributed by atoms with Crippen molar-refractivity contribution in [1.82, 2.24) is 10.3 Å². The molecule has 1 unspecified atom stereocenters. The molecule has 1 heterocycles. The van der Waals surface area contributed by atoms with Crippen LogP contribution in [0, 0.1) is 6.92 Å². The van der Waals surface area contributed by atoms with Gasteiger partial charge in [0.25, 0.3) is 0 Å². The lowest BCUT2D eigenvalue weighted by atomic mass is 9.98. The Hall–Kier alpha value is -1.19. The van der Waals surface area contributed by atoms with Gasteiger partial charge in [0.1, 0.15) is 5.01 Å². The largest absolute Gasteiger partial charge is 0.310 e. The van der Waals surface area contributed by atoms with E-state index < -0.39 is 0 Å². The van der Waals surface area contributed by atoms with Crippen LogP contribution < -0.4 is 5.32 Å². The minimum absolute atomic E-state index is 0.608. The van der Waals surface area contributed by atoms with E-state index in [1.165, 1.54) is 10.6 Å². The highest BCUT2D eigenvalue weighted by molar-refractivity contribution is 7.09. The van der Waals surface area contributed by atoms with E-state index in [0.29, 0.717) is 5.92 Å². The maximum Gasteiger partial charge on any atom is 0.107 e. The third-order valence-corrected chi connectivity index (χ3v) is 4.03. The molecule has 2 aromatic rings. The van der Waals surface area contributed by atoms with Crippen molar-refractivity contribution in [2.24, 2.45) is 0 Å². The molecule has 0 aliphatic heterocycles. The van der Waals surface area contributed by atoms with Crippen LogP contribution >= 0.6 is 11.3 Å². The Bertz CT molecular complexity index is 464. The van der Waals surface area contributed by atoms with Crippen molar-refractivity contribution >= 4 is 11.3 Å². The van der Waals surface area contributed by atoms with E-state index in [4.69, 9.17) is 0 Å². The molecule has 0 aliphatic carbocycles. The second-order valence-corrected chi connectivity index (χ2v) is 5.60. The zero-order valence-electron chi connectivity index (χ0n) is 11.0. The second-order valence-electron chi connectivity index (χ2n) is 4.66. The first-order valence-corrected chi connectivity index (χ1v) is 7.30. The molecular weight excluding hydrogens is 240 g/mol. The number of nitrogens with one attached hydrogen (secondary N) is 1. The molecule has 0 fully saturated rings. The first-order valence-electron chi connectivity index (χ1n) is 6.42. The van der Waals surface area contributed by atoms with Crippen LogP contribution in [-0.4, -0.2) is 11.5 Å². The Morgan fingerprint density at radius 2 is 2.06 bits per heavy atom. The lowest BCUT2D eigenvalue weighted by Gasteiger charge is -2.11. The van der Waals surface area contributed by atoms with Gasteiger partial charge in [-0.1, -0.05) is 37.3 Å². The molecule has 0 saturated carbocycles. The van der Waals surface area contributed by atoms with Gasteiger partial charge >= 0.3 is 0 Å². The van der Waals surface area contributed by atoms with Crippen molar-refractivity contribution in [3.63, 3.8) is 0 Å². The molecule has 0 saturated heterocycles. The molecule has 2 nitrogen and oxygen atoms in total. The Labute approximate surface area is 113 Å². The summed E-state index contributed by atoms with van der Waals surface area (Å²) in [6.45, 7) is 6.25. The molecule has 0 radical (unpaired) electrons. The van der Waals surface area contributed by atoms with E-state index in [-0.39, 0.29) is 0 Å². The standard InChI is InChI=1S/C15H20N2S/c1-12(14-6-4-3-5-7-14)8-9-16-10-15-17-13(2)11-18-15/h3-7,11-12,16H,8-10H2,1-2H3. The van der Waals surface area contributed by atoms with E-state index in [2.05, 4.69) is 52.9 Å². The highest BCUT2D eigenvalue weighted by atomic mass is 32.1. The summed E-state index contributed by atoms with van der Waals surface area (Å²) in [5.41, 5.74) is 2.54. The van der Waals surface area contributed by atoms with Crippen LogP contribution in [0.4, 0.5) is 0 Å². The quantitative estimate of drug-likeness (QED) is 0.800. The molecule has 1 aromatic heterocycles. The van der Waals surface area contributed by atoms with E-state index >= 15 is 0 Å². The number of nitrogens with zero attached hydrogens (tertiary/aromatic N) is 1. The molecule has 0 spiro atoms. The van der Waals surface area contributed by atoms with Crippen molar-refractivity contribution in [2.75, 3.05) is 6.54 Å². The molecule has 1 N–H and O–H groups in total. The molecule has 1 aromatic carbocycles. The van der Waals surface area contributed by atoms with Gasteiger partial charge in [0, 0.05) is 17.6 Å². The van der Waals surface area contributed by atoms with Crippen molar-refractivity contribution in [1.29, 1.82) is 0 Å². The summed E-state index contributed by atoms with van der Waals surface area (Å²) < 4.78 is 0. The zero-order chi connectivity index (χ0) is 12.8. The average molecular weight is 260 g/mol. The van der Waals surface area contributed by atoms with Crippen LogP contribution in [0.1, 0.15) is 35.5 Å². The smallest absolute Gasteiger partial charge is 0.107 e. The topological polar surface area (TPSA) is 24.9 Å². The lowest BCUT2D eigenvalue weighted by Crippen LogP contribution is -2.16. The fraction of sp³-hybridized carbons (Fsp3) is 0.400. The lowest BCUT2D eigenvalue weighted by molar-refractivity contribution is 0.593. The first kappa shape index (κ1) is 13.2. The Balaban J connectivity index is 1.69. The third-order valence-electron chi connectivity index (χ3n) is 3.07. The highest BCUT2D eigenvalue weighted by Gasteiger charge is 2.04. The number of rotatable bonds is 6. The molecule has 18 heavy (non-hydrogen) atoms. The van der Waals surface area contributed by atoms with Gasteiger partial charge in [0.2, 0.25) is 0 Å². The monoisotopic (exact) mass is 260 g/mol. The van der Waals surface area contributed by atoms with Crippen LogP contribution in [0.5, 0.6) is 0 Å². The molecule has 96 valence electrons. The van der Waals surface area contributed by atoms with Gasteiger partial charge in [0.15, 0.2) is 0 Å². The van der Waals surface area contributed by atoms with Gasteiger partial charge in [-0.25, -0.2) is 4.98 Å². The van der Waals surface area contributed by atoms with Crippen molar-refractivity contribution in [2.45, 2.75) is 32.7 Å². The fourth-order valence-electron chi connectivity index (χ4n) is 1.95. The maximum atomic E-state index is 4.44. The number of hydrogen-bond acceptors (Lipinski definition) is 3. The maximum absolute atomic E-state index is 4.44. The van der Waals surface area contributed by atoms with E-state index in [9.17, 15) is 0 Å². The van der Waals surface area contributed by atoms with E-state index in [0.717, 1.165) is 25.2 Å². The summed E-state index contributed by atoms with van der Waals surface area (Å²) in [4.78, 5) is 4.44. The van der Waals surface area contributed by atoms with Crippen molar-refractivity contribution in [3.05, 3.63) is 52.0 Å². The molecule has 0 bridgehead atoms. The number of benzene rings is 1. The molecule has 3 heteroatoms. The normalized spacial score (nSPS) is 12.6. The van der Waals surface area contributed by atoms with Crippen LogP contribution in [0.2, 0.25) is 0 Å². The van der Waals surface area contributed by atoms with Crippen LogP contribution in [0.25, 0.3) is 0 Å². The molecule has 2 rings (SSSR count). The first-order chi connectivity index (χ1) is 8.75. The van der Waals surface area contributed by atoms with Gasteiger partial charge < -0.3 is 5.32 Å². The highest BCUT2D eigenvalue weighted by Crippen LogP contribution is 2.17. The van der Waals surface area contributed by atoms with E-state index in [1.807, 2.05) is 6.92 Å². The molecule has 0 aliphatic rings. The minimum Gasteiger partial charge on any atom is -0.310 e. The van der Waals surface area contributed by atoms with E-state index in [1.54, 1.807) is 11.3 Å². The third kappa shape index (κ3) is 3.93. The van der Waals surface area contributed by atoms with Gasteiger partial charge in [-0.2, -0.15) is 0 Å². The molecule has 0 amide bonds. The Morgan fingerprint density at radius 3 is 2.72 bits per heavy atom. The summed E-state index contributed by atoms with van der Waals surface area (Å²) >= 11 is 1.73. The fourth-order valence-corrected chi connectivity index (χ4v) is 2.69. The van der Waals surface area contributed by atoms with Gasteiger partial charge in [-0.15, -0.1) is 11.3 Å².